The third-order valence-electron chi connectivity index (χ3n) is 2.88. The van der Waals surface area contributed by atoms with Gasteiger partial charge in [0.2, 0.25) is 0 Å². The molecule has 0 aliphatic heterocycles. The van der Waals surface area contributed by atoms with Crippen molar-refractivity contribution in [3.05, 3.63) is 0 Å². The van der Waals surface area contributed by atoms with Gasteiger partial charge < -0.3 is 0 Å². The van der Waals surface area contributed by atoms with Gasteiger partial charge in [-0.15, -0.1) is 0 Å². The predicted molar refractivity (Wildman–Crippen MR) is 89.0 cm³/mol. The van der Waals surface area contributed by atoms with Gasteiger partial charge in [0.25, 0.3) is 0 Å². The van der Waals surface area contributed by atoms with Crippen molar-refractivity contribution in [2.45, 2.75) is 83.3 Å². The summed E-state index contributed by atoms with van der Waals surface area (Å²) in [5.41, 5.74) is -1.41. The smallest absolute Gasteiger partial charge is 0.287 e. The predicted octanol–water partition coefficient (Wildman–Crippen LogP) is 6.45. The normalized spacial score (nSPS) is 17.4. The van der Waals surface area contributed by atoms with E-state index in [2.05, 4.69) is 6.92 Å². The lowest BCUT2D eigenvalue weighted by Crippen LogP contribution is -2.11. The van der Waals surface area contributed by atoms with E-state index in [0.717, 1.165) is 19.3 Å². The Labute approximate surface area is 139 Å². The van der Waals surface area contributed by atoms with E-state index < -0.39 is 18.9 Å². The summed E-state index contributed by atoms with van der Waals surface area (Å²) in [6.07, 6.45) is 7.72. The van der Waals surface area contributed by atoms with E-state index in [-0.39, 0.29) is 0 Å². The molecule has 0 rings (SSSR count). The summed E-state index contributed by atoms with van der Waals surface area (Å²) in [6.45, 7) is 6.16. The fraction of sp³-hybridized carbons (Fsp3) is 1.00. The summed E-state index contributed by atoms with van der Waals surface area (Å²) in [6, 6.07) is 0. The number of unbranched alkanes of at least 4 members (excludes halogenated alkanes) is 5. The van der Waals surface area contributed by atoms with Crippen LogP contribution in [0.25, 0.3) is 0 Å². The van der Waals surface area contributed by atoms with Crippen molar-refractivity contribution in [3.8, 4) is 0 Å². The second-order valence-corrected chi connectivity index (χ2v) is 7.44. The maximum absolute atomic E-state index is 12.5. The van der Waals surface area contributed by atoms with Crippen LogP contribution >= 0.6 is 31.0 Å². The summed E-state index contributed by atoms with van der Waals surface area (Å²) in [4.78, 5) is 0. The average molecular weight is 363 g/mol. The lowest BCUT2D eigenvalue weighted by molar-refractivity contribution is 0.0907. The van der Waals surface area contributed by atoms with Gasteiger partial charge in [-0.1, -0.05) is 76.1 Å². The third kappa shape index (κ3) is 11.9. The zero-order valence-corrected chi connectivity index (χ0v) is 15.8. The van der Waals surface area contributed by atoms with Crippen LogP contribution in [0.2, 0.25) is 0 Å². The zero-order chi connectivity index (χ0) is 16.1. The first-order valence-corrected chi connectivity index (χ1v) is 10.2. The fourth-order valence-electron chi connectivity index (χ4n) is 1.57. The summed E-state index contributed by atoms with van der Waals surface area (Å²) in [5, 5.41) is 0. The minimum absolute atomic E-state index is 0.323. The van der Waals surface area contributed by atoms with Gasteiger partial charge in [0.1, 0.15) is 11.1 Å². The highest BCUT2D eigenvalue weighted by molar-refractivity contribution is 7.48. The van der Waals surface area contributed by atoms with Gasteiger partial charge in [0.15, 0.2) is 0 Å². The molecule has 7 heteroatoms. The topological polar surface area (TPSA) is 44.8 Å². The monoisotopic (exact) mass is 362 g/mol. The second-order valence-electron chi connectivity index (χ2n) is 4.90. The Balaban J connectivity index is 4.12. The Morgan fingerprint density at radius 2 is 1.33 bits per heavy atom. The summed E-state index contributed by atoms with van der Waals surface area (Å²) < 4.78 is 28.2. The minimum atomic E-state index is -3.69. The van der Waals surface area contributed by atoms with Gasteiger partial charge in [0.05, 0.1) is 6.61 Å². The van der Waals surface area contributed by atoms with E-state index >= 15 is 0 Å². The highest BCUT2D eigenvalue weighted by Gasteiger charge is 2.32. The molecule has 0 saturated carbocycles. The lowest BCUT2D eigenvalue weighted by Gasteiger charge is -2.22. The Morgan fingerprint density at radius 1 is 0.857 bits per heavy atom. The van der Waals surface area contributed by atoms with Gasteiger partial charge in [-0.05, 0) is 19.3 Å². The molecule has 2 atom stereocenters. The molecule has 0 saturated heterocycles. The first kappa shape index (κ1) is 21.7. The number of phosphoric acid groups is 1. The SMILES string of the molecule is CCCCCCCCOP(=O)(OC(Cl)CC)OC(Cl)CC. The Morgan fingerprint density at radius 3 is 1.81 bits per heavy atom. The molecule has 0 aliphatic carbocycles. The number of hydrogen-bond acceptors (Lipinski definition) is 4. The molecule has 0 aromatic carbocycles. The van der Waals surface area contributed by atoms with Gasteiger partial charge in [0, 0.05) is 0 Å². The molecule has 4 nitrogen and oxygen atoms in total. The first-order valence-electron chi connectivity index (χ1n) is 7.86. The second kappa shape index (κ2) is 13.2. The van der Waals surface area contributed by atoms with Crippen LogP contribution in [0.5, 0.6) is 0 Å². The number of halogens is 2. The lowest BCUT2D eigenvalue weighted by atomic mass is 10.1. The van der Waals surface area contributed by atoms with Crippen molar-refractivity contribution in [3.63, 3.8) is 0 Å². The van der Waals surface area contributed by atoms with Crippen LogP contribution in [0.4, 0.5) is 0 Å². The van der Waals surface area contributed by atoms with E-state index in [1.807, 2.05) is 13.8 Å². The minimum Gasteiger partial charge on any atom is -0.287 e. The van der Waals surface area contributed by atoms with Crippen LogP contribution < -0.4 is 0 Å². The van der Waals surface area contributed by atoms with Gasteiger partial charge in [-0.2, -0.15) is 0 Å². The van der Waals surface area contributed by atoms with Gasteiger partial charge >= 0.3 is 7.82 Å². The van der Waals surface area contributed by atoms with Crippen molar-refractivity contribution >= 4 is 31.0 Å². The molecule has 0 amide bonds. The molecule has 0 N–H and O–H groups in total. The van der Waals surface area contributed by atoms with Crippen molar-refractivity contribution in [2.75, 3.05) is 6.61 Å². The molecular weight excluding hydrogens is 334 g/mol. The number of phosphoric ester groups is 1. The van der Waals surface area contributed by atoms with E-state index in [9.17, 15) is 4.57 Å². The van der Waals surface area contributed by atoms with E-state index in [4.69, 9.17) is 36.8 Å². The third-order valence-corrected chi connectivity index (χ3v) is 5.44. The molecule has 0 radical (unpaired) electrons. The molecule has 0 aromatic rings. The zero-order valence-electron chi connectivity index (χ0n) is 13.4. The Kier molecular flexibility index (Phi) is 13.6. The Bertz CT molecular complexity index is 276. The maximum atomic E-state index is 12.5. The quantitative estimate of drug-likeness (QED) is 0.202. The standard InChI is InChI=1S/C14H29Cl2O4P/c1-4-7-8-9-10-11-12-18-21(17,19-13(15)5-2)20-14(16)6-3/h13-14H,4-12H2,1-3H3. The van der Waals surface area contributed by atoms with Crippen LogP contribution in [-0.2, 0) is 18.1 Å². The molecule has 2 unspecified atom stereocenters. The summed E-state index contributed by atoms with van der Waals surface area (Å²) >= 11 is 11.8. The summed E-state index contributed by atoms with van der Waals surface area (Å²) in [7, 11) is -3.69. The number of rotatable bonds is 14. The summed E-state index contributed by atoms with van der Waals surface area (Å²) in [5.74, 6) is 0. The number of hydrogen-bond donors (Lipinski definition) is 0. The van der Waals surface area contributed by atoms with E-state index in [1.165, 1.54) is 19.3 Å². The molecule has 0 fully saturated rings. The molecule has 21 heavy (non-hydrogen) atoms. The molecule has 0 aliphatic rings. The molecule has 0 spiro atoms. The molecule has 128 valence electrons. The van der Waals surface area contributed by atoms with Crippen molar-refractivity contribution < 1.29 is 18.1 Å². The largest absolute Gasteiger partial charge is 0.477 e. The molecule has 0 heterocycles. The highest BCUT2D eigenvalue weighted by atomic mass is 35.5. The van der Waals surface area contributed by atoms with Crippen molar-refractivity contribution in [1.29, 1.82) is 0 Å². The van der Waals surface area contributed by atoms with Crippen LogP contribution in [0.15, 0.2) is 0 Å². The fourth-order valence-corrected chi connectivity index (χ4v) is 3.54. The van der Waals surface area contributed by atoms with Crippen LogP contribution in [-0.4, -0.2) is 17.7 Å². The number of alkyl halides is 2. The highest BCUT2D eigenvalue weighted by Crippen LogP contribution is 2.53. The van der Waals surface area contributed by atoms with Gasteiger partial charge in [-0.3, -0.25) is 13.6 Å². The van der Waals surface area contributed by atoms with Crippen LogP contribution in [0.1, 0.15) is 72.1 Å². The first-order chi connectivity index (χ1) is 9.97. The van der Waals surface area contributed by atoms with Crippen LogP contribution in [0, 0.1) is 0 Å². The molecule has 0 aromatic heterocycles. The molecule has 0 bridgehead atoms. The Hall–Kier alpha value is 0.690. The van der Waals surface area contributed by atoms with E-state index in [1.54, 1.807) is 0 Å². The average Bonchev–Trinajstić information content (AvgIpc) is 2.45. The van der Waals surface area contributed by atoms with Crippen molar-refractivity contribution in [2.24, 2.45) is 0 Å². The van der Waals surface area contributed by atoms with Gasteiger partial charge in [-0.25, -0.2) is 4.57 Å². The molecular formula is C14H29Cl2O4P. The van der Waals surface area contributed by atoms with E-state index in [0.29, 0.717) is 19.4 Å². The van der Waals surface area contributed by atoms with Crippen LogP contribution in [0.3, 0.4) is 0 Å². The van der Waals surface area contributed by atoms with Crippen molar-refractivity contribution in [1.82, 2.24) is 0 Å². The maximum Gasteiger partial charge on any atom is 0.477 e.